The molecule has 0 bridgehead atoms. The van der Waals surface area contributed by atoms with Gasteiger partial charge in [0.2, 0.25) is 0 Å². The first-order chi connectivity index (χ1) is 11.4. The molecule has 3 atom stereocenters. The van der Waals surface area contributed by atoms with Gasteiger partial charge in [-0.3, -0.25) is 8.98 Å². The zero-order chi connectivity index (χ0) is 19.0. The quantitative estimate of drug-likeness (QED) is 0.424. The molecule has 1 aliphatic rings. The number of aryl methyl sites for hydroxylation is 1. The highest BCUT2D eigenvalue weighted by Gasteiger charge is 2.62. The number of benzene rings is 1. The minimum absolute atomic E-state index is 0.112. The molecule has 2 rings (SSSR count). The van der Waals surface area contributed by atoms with Crippen LogP contribution in [0.25, 0.3) is 0 Å². The standard InChI is InChI=1S/C18H28O5SSi/c1-7-22-17(19)18(3)12-15(16(18)25(4,5)6)23-24(20,21)14-10-8-13(2)9-11-14/h8-11,15-16H,7,12H2,1-6H3. The molecule has 1 aromatic carbocycles. The molecule has 0 radical (unpaired) electrons. The van der Waals surface area contributed by atoms with E-state index in [9.17, 15) is 13.2 Å². The van der Waals surface area contributed by atoms with Gasteiger partial charge >= 0.3 is 5.97 Å². The molecule has 3 unspecified atom stereocenters. The van der Waals surface area contributed by atoms with Crippen LogP contribution in [0.3, 0.4) is 0 Å². The van der Waals surface area contributed by atoms with Crippen LogP contribution in [-0.2, 0) is 23.8 Å². The lowest BCUT2D eigenvalue weighted by Gasteiger charge is -2.55. The third-order valence-electron chi connectivity index (χ3n) is 4.92. The van der Waals surface area contributed by atoms with Gasteiger partial charge in [-0.05, 0) is 44.9 Å². The first-order valence-electron chi connectivity index (χ1n) is 8.59. The van der Waals surface area contributed by atoms with Gasteiger partial charge in [0.15, 0.2) is 0 Å². The van der Waals surface area contributed by atoms with Crippen LogP contribution in [0, 0.1) is 12.3 Å². The minimum Gasteiger partial charge on any atom is -0.466 e. The molecule has 25 heavy (non-hydrogen) atoms. The summed E-state index contributed by atoms with van der Waals surface area (Å²) in [7, 11) is -5.71. The van der Waals surface area contributed by atoms with Gasteiger partial charge in [0, 0.05) is 0 Å². The second kappa shape index (κ2) is 6.85. The highest BCUT2D eigenvalue weighted by Crippen LogP contribution is 2.58. The van der Waals surface area contributed by atoms with E-state index in [0.29, 0.717) is 13.0 Å². The van der Waals surface area contributed by atoms with Gasteiger partial charge in [0.05, 0.1) is 31.1 Å². The predicted octanol–water partition coefficient (Wildman–Crippen LogP) is 3.75. The Kier molecular flexibility index (Phi) is 5.52. The largest absolute Gasteiger partial charge is 0.466 e. The Morgan fingerprint density at radius 2 is 1.80 bits per heavy atom. The van der Waals surface area contributed by atoms with Crippen molar-refractivity contribution >= 4 is 24.2 Å². The third-order valence-corrected chi connectivity index (χ3v) is 9.14. The van der Waals surface area contributed by atoms with Crippen molar-refractivity contribution in [1.82, 2.24) is 0 Å². The number of hydrogen-bond acceptors (Lipinski definition) is 5. The Morgan fingerprint density at radius 1 is 1.24 bits per heavy atom. The van der Waals surface area contributed by atoms with Crippen molar-refractivity contribution in [3.63, 3.8) is 0 Å². The second-order valence-electron chi connectivity index (χ2n) is 8.09. The molecule has 1 fully saturated rings. The van der Waals surface area contributed by atoms with Gasteiger partial charge in [-0.2, -0.15) is 8.42 Å². The van der Waals surface area contributed by atoms with E-state index in [0.717, 1.165) is 5.56 Å². The van der Waals surface area contributed by atoms with Crippen LogP contribution in [0.5, 0.6) is 0 Å². The Morgan fingerprint density at radius 3 is 2.28 bits per heavy atom. The molecule has 0 aliphatic heterocycles. The van der Waals surface area contributed by atoms with Gasteiger partial charge in [0.1, 0.15) is 0 Å². The molecular weight excluding hydrogens is 356 g/mol. The highest BCUT2D eigenvalue weighted by molar-refractivity contribution is 7.86. The summed E-state index contributed by atoms with van der Waals surface area (Å²) < 4.78 is 36.0. The minimum atomic E-state index is -3.85. The Balaban J connectivity index is 2.25. The lowest BCUT2D eigenvalue weighted by Crippen LogP contribution is -2.60. The van der Waals surface area contributed by atoms with Crippen LogP contribution in [0.4, 0.5) is 0 Å². The molecule has 1 aromatic rings. The number of hydrogen-bond donors (Lipinski definition) is 0. The summed E-state index contributed by atoms with van der Waals surface area (Å²) in [4.78, 5) is 12.6. The molecular formula is C18H28O5SSi. The SMILES string of the molecule is CCOC(=O)C1(C)CC(OS(=O)(=O)c2ccc(C)cc2)C1[Si](C)(C)C. The molecule has 5 nitrogen and oxygen atoms in total. The van der Waals surface area contributed by atoms with Crippen LogP contribution in [0.1, 0.15) is 25.8 Å². The van der Waals surface area contributed by atoms with Crippen molar-refractivity contribution in [3.8, 4) is 0 Å². The van der Waals surface area contributed by atoms with Crippen LogP contribution >= 0.6 is 0 Å². The summed E-state index contributed by atoms with van der Waals surface area (Å²) in [6.45, 7) is 12.2. The Hall–Kier alpha value is -1.18. The van der Waals surface area contributed by atoms with Gasteiger partial charge in [0.25, 0.3) is 10.1 Å². The monoisotopic (exact) mass is 384 g/mol. The van der Waals surface area contributed by atoms with Gasteiger partial charge in [-0.1, -0.05) is 37.3 Å². The maximum absolute atomic E-state index is 12.6. The molecule has 7 heteroatoms. The van der Waals surface area contributed by atoms with E-state index in [-0.39, 0.29) is 16.4 Å². The normalized spacial score (nSPS) is 26.8. The Labute approximate surface area is 151 Å². The van der Waals surface area contributed by atoms with E-state index < -0.39 is 29.7 Å². The Bertz CT molecular complexity index is 736. The fraction of sp³-hybridized carbons (Fsp3) is 0.611. The second-order valence-corrected chi connectivity index (χ2v) is 15.0. The highest BCUT2D eigenvalue weighted by atomic mass is 32.2. The molecule has 1 saturated carbocycles. The first-order valence-corrected chi connectivity index (χ1v) is 13.6. The zero-order valence-electron chi connectivity index (χ0n) is 15.8. The van der Waals surface area contributed by atoms with E-state index >= 15 is 0 Å². The number of ether oxygens (including phenoxy) is 1. The van der Waals surface area contributed by atoms with E-state index in [4.69, 9.17) is 8.92 Å². The number of rotatable bonds is 6. The first kappa shape index (κ1) is 20.1. The van der Waals surface area contributed by atoms with Crippen molar-refractivity contribution in [2.24, 2.45) is 5.41 Å². The topological polar surface area (TPSA) is 69.7 Å². The summed E-state index contributed by atoms with van der Waals surface area (Å²) in [6.07, 6.45) is -0.112. The maximum Gasteiger partial charge on any atom is 0.311 e. The number of carbonyl (C=O) groups excluding carboxylic acids is 1. The maximum atomic E-state index is 12.6. The molecule has 0 aromatic heterocycles. The smallest absolute Gasteiger partial charge is 0.311 e. The average Bonchev–Trinajstić information content (AvgIpc) is 2.44. The lowest BCUT2D eigenvalue weighted by molar-refractivity contribution is -0.165. The lowest BCUT2D eigenvalue weighted by atomic mass is 9.67. The molecule has 0 amide bonds. The molecule has 1 aliphatic carbocycles. The molecule has 0 heterocycles. The number of esters is 1. The van der Waals surface area contributed by atoms with Gasteiger partial charge < -0.3 is 4.74 Å². The summed E-state index contributed by atoms with van der Waals surface area (Å²) in [5, 5.41) is 0. The predicted molar refractivity (Wildman–Crippen MR) is 99.7 cm³/mol. The molecule has 140 valence electrons. The summed E-state index contributed by atoms with van der Waals surface area (Å²) in [5.74, 6) is -0.255. The van der Waals surface area contributed by atoms with E-state index in [1.54, 1.807) is 31.2 Å². The van der Waals surface area contributed by atoms with E-state index in [1.165, 1.54) is 0 Å². The van der Waals surface area contributed by atoms with Crippen molar-refractivity contribution in [2.75, 3.05) is 6.61 Å². The van der Waals surface area contributed by atoms with E-state index in [1.807, 2.05) is 13.8 Å². The van der Waals surface area contributed by atoms with Crippen molar-refractivity contribution < 1.29 is 22.1 Å². The zero-order valence-corrected chi connectivity index (χ0v) is 17.6. The van der Waals surface area contributed by atoms with Gasteiger partial charge in [-0.25, -0.2) is 0 Å². The summed E-state index contributed by atoms with van der Waals surface area (Å²) >= 11 is 0. The van der Waals surface area contributed by atoms with Gasteiger partial charge in [-0.15, -0.1) is 0 Å². The molecule has 0 spiro atoms. The molecule has 0 saturated heterocycles. The molecule has 0 N–H and O–H groups in total. The van der Waals surface area contributed by atoms with Crippen LogP contribution in [-0.4, -0.2) is 35.2 Å². The third kappa shape index (κ3) is 3.98. The fourth-order valence-electron chi connectivity index (χ4n) is 3.94. The van der Waals surface area contributed by atoms with Crippen LogP contribution < -0.4 is 0 Å². The van der Waals surface area contributed by atoms with Crippen LogP contribution in [0.15, 0.2) is 29.2 Å². The van der Waals surface area contributed by atoms with Crippen molar-refractivity contribution in [1.29, 1.82) is 0 Å². The summed E-state index contributed by atoms with van der Waals surface area (Å²) in [6, 6.07) is 6.60. The average molecular weight is 385 g/mol. The van der Waals surface area contributed by atoms with E-state index in [2.05, 4.69) is 19.6 Å². The summed E-state index contributed by atoms with van der Waals surface area (Å²) in [5.41, 5.74) is 0.199. The van der Waals surface area contributed by atoms with Crippen molar-refractivity contribution in [3.05, 3.63) is 29.8 Å². The fourth-order valence-corrected chi connectivity index (χ4v) is 8.58. The van der Waals surface area contributed by atoms with Crippen molar-refractivity contribution in [2.45, 2.75) is 63.4 Å². The van der Waals surface area contributed by atoms with Crippen LogP contribution in [0.2, 0.25) is 25.2 Å². The number of carbonyl (C=O) groups is 1.